The predicted molar refractivity (Wildman–Crippen MR) is 135 cm³/mol. The van der Waals surface area contributed by atoms with E-state index in [1.165, 1.54) is 12.8 Å². The van der Waals surface area contributed by atoms with E-state index in [1.54, 1.807) is 18.3 Å². The minimum atomic E-state index is -0.220. The maximum atomic E-state index is 12.6. The third kappa shape index (κ3) is 6.05. The van der Waals surface area contributed by atoms with Gasteiger partial charge in [0.2, 0.25) is 11.8 Å². The number of anilines is 4. The smallest absolute Gasteiger partial charge is 0.257 e. The van der Waals surface area contributed by atoms with Crippen LogP contribution in [0.1, 0.15) is 41.7 Å². The Bertz CT molecular complexity index is 1140. The van der Waals surface area contributed by atoms with Gasteiger partial charge in [-0.1, -0.05) is 0 Å². The van der Waals surface area contributed by atoms with E-state index < -0.39 is 0 Å². The molecule has 9 heteroatoms. The number of hydrogen-bond acceptors (Lipinski definition) is 8. The summed E-state index contributed by atoms with van der Waals surface area (Å²) in [5, 5.41) is 6.16. The number of ether oxygens (including phenoxy) is 2. The predicted octanol–water partition coefficient (Wildman–Crippen LogP) is 4.33. The van der Waals surface area contributed by atoms with Gasteiger partial charge < -0.3 is 25.0 Å². The van der Waals surface area contributed by atoms with Crippen molar-refractivity contribution in [1.29, 1.82) is 0 Å². The van der Waals surface area contributed by atoms with E-state index in [0.717, 1.165) is 43.1 Å². The van der Waals surface area contributed by atoms with Crippen molar-refractivity contribution in [3.63, 3.8) is 0 Å². The van der Waals surface area contributed by atoms with Crippen molar-refractivity contribution in [3.05, 3.63) is 59.9 Å². The summed E-state index contributed by atoms with van der Waals surface area (Å²) < 4.78 is 11.3. The van der Waals surface area contributed by atoms with Crippen LogP contribution >= 0.6 is 0 Å². The van der Waals surface area contributed by atoms with Crippen LogP contribution < -0.4 is 20.3 Å². The van der Waals surface area contributed by atoms with Crippen molar-refractivity contribution < 1.29 is 14.3 Å². The summed E-state index contributed by atoms with van der Waals surface area (Å²) in [5.74, 6) is 1.77. The Labute approximate surface area is 204 Å². The zero-order valence-corrected chi connectivity index (χ0v) is 19.9. The van der Waals surface area contributed by atoms with Crippen LogP contribution in [0.5, 0.6) is 5.88 Å². The van der Waals surface area contributed by atoms with E-state index >= 15 is 0 Å². The molecule has 35 heavy (non-hydrogen) atoms. The topological polar surface area (TPSA) is 102 Å². The van der Waals surface area contributed by atoms with Gasteiger partial charge in [-0.15, -0.1) is 0 Å². The molecule has 0 spiro atoms. The fraction of sp³-hybridized carbons (Fsp3) is 0.385. The zero-order chi connectivity index (χ0) is 24.0. The number of amides is 1. The second kappa shape index (κ2) is 10.7. The Morgan fingerprint density at radius 1 is 1.03 bits per heavy atom. The van der Waals surface area contributed by atoms with E-state index in [1.807, 2.05) is 37.3 Å². The number of hydrogen-bond donors (Lipinski definition) is 2. The maximum absolute atomic E-state index is 12.6. The Morgan fingerprint density at radius 3 is 2.49 bits per heavy atom. The van der Waals surface area contributed by atoms with Crippen LogP contribution in [0, 0.1) is 6.92 Å². The molecule has 0 unspecified atom stereocenters. The molecule has 9 nitrogen and oxygen atoms in total. The number of benzene rings is 1. The number of carbonyl (C=O) groups is 1. The molecule has 5 rings (SSSR count). The lowest BCUT2D eigenvalue weighted by atomic mass is 10.2. The van der Waals surface area contributed by atoms with E-state index in [2.05, 4.69) is 30.5 Å². The first kappa shape index (κ1) is 23.0. The number of aromatic nitrogens is 3. The molecule has 1 amide bonds. The summed E-state index contributed by atoms with van der Waals surface area (Å²) in [6, 6.07) is 12.9. The van der Waals surface area contributed by atoms with Gasteiger partial charge in [0.25, 0.3) is 5.91 Å². The van der Waals surface area contributed by atoms with Crippen molar-refractivity contribution in [2.45, 2.75) is 38.7 Å². The fourth-order valence-electron chi connectivity index (χ4n) is 4.29. The molecule has 2 N–H and O–H groups in total. The molecule has 3 aromatic rings. The van der Waals surface area contributed by atoms with Gasteiger partial charge in [0, 0.05) is 48.5 Å². The van der Waals surface area contributed by atoms with Crippen LogP contribution in [0.15, 0.2) is 48.7 Å². The number of nitrogens with one attached hydrogen (secondary N) is 2. The third-order valence-corrected chi connectivity index (χ3v) is 6.16. The van der Waals surface area contributed by atoms with Gasteiger partial charge in [-0.05, 0) is 62.9 Å². The number of pyridine rings is 1. The summed E-state index contributed by atoms with van der Waals surface area (Å²) in [6.45, 7) is 4.99. The molecule has 1 aliphatic carbocycles. The van der Waals surface area contributed by atoms with Gasteiger partial charge in [-0.2, -0.15) is 4.98 Å². The third-order valence-electron chi connectivity index (χ3n) is 6.16. The van der Waals surface area contributed by atoms with Gasteiger partial charge >= 0.3 is 0 Å². The summed E-state index contributed by atoms with van der Waals surface area (Å²) in [5.41, 5.74) is 2.89. The zero-order valence-electron chi connectivity index (χ0n) is 19.9. The molecule has 1 saturated heterocycles. The van der Waals surface area contributed by atoms with Gasteiger partial charge in [0.1, 0.15) is 11.9 Å². The molecule has 2 aromatic heterocycles. The highest BCUT2D eigenvalue weighted by Crippen LogP contribution is 2.24. The van der Waals surface area contributed by atoms with Gasteiger partial charge in [0.15, 0.2) is 0 Å². The number of aryl methyl sites for hydroxylation is 1. The minimum absolute atomic E-state index is 0.220. The Balaban J connectivity index is 1.18. The highest BCUT2D eigenvalue weighted by Gasteiger charge is 2.17. The fourth-order valence-corrected chi connectivity index (χ4v) is 4.29. The summed E-state index contributed by atoms with van der Waals surface area (Å²) in [7, 11) is 0. The number of carbonyl (C=O) groups excluding carboxylic acids is 1. The summed E-state index contributed by atoms with van der Waals surface area (Å²) >= 11 is 0. The normalized spacial score (nSPS) is 16.2. The molecule has 1 aromatic carbocycles. The SMILES string of the molecule is Cc1cc(N2CCOCC2)nc(Nc2ccc(NC(=O)c3ccc(OC4CCCC4)nc3)cc2)n1. The first-order valence-corrected chi connectivity index (χ1v) is 12.1. The number of morpholine rings is 1. The van der Waals surface area contributed by atoms with Crippen LogP contribution in [0.4, 0.5) is 23.1 Å². The minimum Gasteiger partial charge on any atom is -0.474 e. The molecular weight excluding hydrogens is 444 g/mol. The molecule has 0 bridgehead atoms. The van der Waals surface area contributed by atoms with E-state index in [-0.39, 0.29) is 12.0 Å². The summed E-state index contributed by atoms with van der Waals surface area (Å²) in [6.07, 6.45) is 6.33. The largest absolute Gasteiger partial charge is 0.474 e. The Hall–Kier alpha value is -3.72. The molecule has 182 valence electrons. The van der Waals surface area contributed by atoms with E-state index in [4.69, 9.17) is 9.47 Å². The van der Waals surface area contributed by atoms with Crippen molar-refractivity contribution in [2.75, 3.05) is 41.8 Å². The standard InChI is InChI=1S/C26H30N6O3/c1-18-16-23(32-12-14-34-15-13-32)31-26(28-18)30-21-9-7-20(8-10-21)29-25(33)19-6-11-24(27-17-19)35-22-4-2-3-5-22/h6-11,16-17,22H,2-5,12-15H2,1H3,(H,29,33)(H,28,30,31). The van der Waals surface area contributed by atoms with Crippen LogP contribution in [-0.2, 0) is 4.74 Å². The van der Waals surface area contributed by atoms with Crippen molar-refractivity contribution in [2.24, 2.45) is 0 Å². The molecule has 0 radical (unpaired) electrons. The van der Waals surface area contributed by atoms with Crippen molar-refractivity contribution in [3.8, 4) is 5.88 Å². The van der Waals surface area contributed by atoms with Crippen LogP contribution in [-0.4, -0.2) is 53.3 Å². The average molecular weight is 475 g/mol. The molecule has 3 heterocycles. The second-order valence-electron chi connectivity index (χ2n) is 8.86. The lowest BCUT2D eigenvalue weighted by Gasteiger charge is -2.28. The molecular formula is C26H30N6O3. The van der Waals surface area contributed by atoms with Crippen molar-refractivity contribution >= 4 is 29.0 Å². The lowest BCUT2D eigenvalue weighted by molar-refractivity contribution is 0.102. The van der Waals surface area contributed by atoms with Crippen LogP contribution in [0.2, 0.25) is 0 Å². The molecule has 0 atom stereocenters. The van der Waals surface area contributed by atoms with Crippen LogP contribution in [0.25, 0.3) is 0 Å². The van der Waals surface area contributed by atoms with Gasteiger partial charge in [-0.25, -0.2) is 9.97 Å². The van der Waals surface area contributed by atoms with Crippen LogP contribution in [0.3, 0.4) is 0 Å². The average Bonchev–Trinajstić information content (AvgIpc) is 3.39. The van der Waals surface area contributed by atoms with Crippen molar-refractivity contribution in [1.82, 2.24) is 15.0 Å². The number of rotatable bonds is 7. The van der Waals surface area contributed by atoms with Gasteiger partial charge in [0.05, 0.1) is 18.8 Å². The second-order valence-corrected chi connectivity index (χ2v) is 8.86. The Morgan fingerprint density at radius 2 is 1.77 bits per heavy atom. The number of nitrogens with zero attached hydrogens (tertiary/aromatic N) is 4. The highest BCUT2D eigenvalue weighted by molar-refractivity contribution is 6.04. The van der Waals surface area contributed by atoms with Gasteiger partial charge in [-0.3, -0.25) is 4.79 Å². The molecule has 1 aliphatic heterocycles. The lowest BCUT2D eigenvalue weighted by Crippen LogP contribution is -2.36. The molecule has 2 fully saturated rings. The van der Waals surface area contributed by atoms with E-state index in [9.17, 15) is 4.79 Å². The quantitative estimate of drug-likeness (QED) is 0.522. The first-order valence-electron chi connectivity index (χ1n) is 12.1. The molecule has 2 aliphatic rings. The molecule has 1 saturated carbocycles. The monoisotopic (exact) mass is 474 g/mol. The summed E-state index contributed by atoms with van der Waals surface area (Å²) in [4.78, 5) is 28.3. The Kier molecular flexibility index (Phi) is 7.04. The van der Waals surface area contributed by atoms with E-state index in [0.29, 0.717) is 36.3 Å². The first-order chi connectivity index (χ1) is 17.1. The maximum Gasteiger partial charge on any atom is 0.257 e. The highest BCUT2D eigenvalue weighted by atomic mass is 16.5.